The number of benzene rings is 4. The highest BCUT2D eigenvalue weighted by Crippen LogP contribution is 2.17. The van der Waals surface area contributed by atoms with Crippen molar-refractivity contribution < 1.29 is 82.1 Å². The van der Waals surface area contributed by atoms with Gasteiger partial charge in [-0.2, -0.15) is 12.6 Å². The molecular formula is C79H114N18O17S. The van der Waals surface area contributed by atoms with Crippen LogP contribution < -0.4 is 92.1 Å². The molecule has 0 aromatic heterocycles. The lowest BCUT2D eigenvalue weighted by Crippen LogP contribution is -2.62. The zero-order valence-electron chi connectivity index (χ0n) is 65.7. The van der Waals surface area contributed by atoms with Crippen molar-refractivity contribution in [1.82, 2.24) is 69.1 Å². The molecule has 13 atom stereocenters. The Kier molecular flexibility index (Phi) is 42.1. The van der Waals surface area contributed by atoms with Crippen LogP contribution in [0.15, 0.2) is 121 Å². The monoisotopic (exact) mass is 1620 g/mol. The molecule has 24 N–H and O–H groups in total. The van der Waals surface area contributed by atoms with Gasteiger partial charge in [0.15, 0.2) is 5.96 Å². The molecule has 0 unspecified atom stereocenters. The molecule has 0 aliphatic carbocycles. The van der Waals surface area contributed by atoms with Gasteiger partial charge in [0.1, 0.15) is 66.5 Å². The van der Waals surface area contributed by atoms with Crippen LogP contribution in [0, 0.1) is 23.2 Å². The number of rotatable bonds is 52. The van der Waals surface area contributed by atoms with Crippen LogP contribution in [0.3, 0.4) is 0 Å². The Balaban J connectivity index is 1.60. The molecule has 4 aromatic carbocycles. The van der Waals surface area contributed by atoms with E-state index in [2.05, 4.69) is 81.7 Å². The largest absolute Gasteiger partial charge is 0.481 e. The van der Waals surface area contributed by atoms with Crippen LogP contribution in [0.5, 0.6) is 0 Å². The zero-order chi connectivity index (χ0) is 85.3. The second-order valence-corrected chi connectivity index (χ2v) is 29.0. The van der Waals surface area contributed by atoms with Gasteiger partial charge >= 0.3 is 11.9 Å². The number of guanidine groups is 1. The SMILES string of the molecule is CC[C@H](C)[C@H](NC(=O)[C@@H](NC(=O)[C@H](CCCNC(=N)N)NC(=O)[C@H](CS)NC(=O)CNC(=O)[C@H](Cc1ccccc1)NC(=O)[C@@H](N)C(C)C)C(C)C)C(=O)N[C@@H](CCC(N)=O)C(=O)N[C@@H](CCCCN)C(=O)N[C@@H](Cc1ccccc1)C(=O)N[C@@H](Cc1ccccc1)C(=O)N[C@@H](CCC(=O)O)C(=O)N[C@@H](Cc1ccccc1)C(=O)O. The maximum atomic E-state index is 14.9. The number of aliphatic carboxylic acids is 2. The highest BCUT2D eigenvalue weighted by atomic mass is 32.1. The van der Waals surface area contributed by atoms with Crippen molar-refractivity contribution in [3.63, 3.8) is 0 Å². The van der Waals surface area contributed by atoms with Crippen LogP contribution >= 0.6 is 12.6 Å². The summed E-state index contributed by atoms with van der Waals surface area (Å²) in [4.78, 5) is 208. The number of nitrogens with one attached hydrogen (secondary N) is 14. The van der Waals surface area contributed by atoms with Crippen molar-refractivity contribution in [2.75, 3.05) is 25.4 Å². The smallest absolute Gasteiger partial charge is 0.326 e. The second-order valence-electron chi connectivity index (χ2n) is 28.7. The van der Waals surface area contributed by atoms with Crippen LogP contribution in [-0.4, -0.2) is 203 Å². The highest BCUT2D eigenvalue weighted by Gasteiger charge is 2.39. The van der Waals surface area contributed by atoms with Gasteiger partial charge in [0.2, 0.25) is 76.8 Å². The van der Waals surface area contributed by atoms with Gasteiger partial charge in [-0.3, -0.25) is 72.5 Å². The van der Waals surface area contributed by atoms with Crippen molar-refractivity contribution in [3.8, 4) is 0 Å². The predicted molar refractivity (Wildman–Crippen MR) is 431 cm³/mol. The first-order valence-electron chi connectivity index (χ1n) is 38.3. The average Bonchev–Trinajstić information content (AvgIpc) is 0.849. The van der Waals surface area contributed by atoms with Crippen molar-refractivity contribution >= 4 is 107 Å². The molecule has 0 heterocycles. The summed E-state index contributed by atoms with van der Waals surface area (Å²) >= 11 is 4.28. The summed E-state index contributed by atoms with van der Waals surface area (Å²) in [7, 11) is 0. The van der Waals surface area contributed by atoms with Gasteiger partial charge < -0.3 is 102 Å². The Morgan fingerprint density at radius 2 is 0.757 bits per heavy atom. The third-order valence-corrected chi connectivity index (χ3v) is 19.1. The van der Waals surface area contributed by atoms with Gasteiger partial charge in [0.25, 0.3) is 0 Å². The minimum atomic E-state index is -1.65. The highest BCUT2D eigenvalue weighted by molar-refractivity contribution is 7.80. The van der Waals surface area contributed by atoms with Gasteiger partial charge in [-0.05, 0) is 91.5 Å². The van der Waals surface area contributed by atoms with Gasteiger partial charge in [-0.25, -0.2) is 4.79 Å². The number of carboxylic acid groups (broad SMARTS) is 2. The second kappa shape index (κ2) is 50.5. The van der Waals surface area contributed by atoms with E-state index >= 15 is 0 Å². The molecule has 4 aromatic rings. The fourth-order valence-corrected chi connectivity index (χ4v) is 12.1. The van der Waals surface area contributed by atoms with Gasteiger partial charge in [0, 0.05) is 50.8 Å². The summed E-state index contributed by atoms with van der Waals surface area (Å²) < 4.78 is 0. The molecule has 0 fully saturated rings. The third kappa shape index (κ3) is 35.2. The first-order chi connectivity index (χ1) is 54.6. The molecule has 628 valence electrons. The maximum absolute atomic E-state index is 14.9. The van der Waals surface area contributed by atoms with Crippen molar-refractivity contribution in [1.29, 1.82) is 5.41 Å². The number of unbranched alkanes of at least 4 members (excludes halogenated alkanes) is 1. The number of thiol groups is 1. The molecular weight excluding hydrogens is 1510 g/mol. The standard InChI is InChI=1S/C79H114N18O17S/c1-7-47(6)66(97-76(111)65(46(4)5)96-71(106)53(32-22-38-85-79(83)84)89-74(109)60(44-115)87-62(99)43-86-67(102)56(39-48-23-12-8-13-24-48)94-75(110)64(82)45(2)3)77(112)91-54(33-35-61(81)98)69(104)88-52(31-20-21-37-80)68(103)92-58(41-50-27-16-10-17-28-50)73(108)93-57(40-49-25-14-9-15-26-49)72(107)90-55(34-36-63(100)101)70(105)95-59(78(113)114)42-51-29-18-11-19-30-51/h8-19,23-30,45-47,52-60,64-66,115H,7,20-22,31-44,80,82H2,1-6H3,(H2,81,98)(H,86,102)(H,87,99)(H,88,104)(H,89,109)(H,90,107)(H,91,112)(H,92,103)(H,93,108)(H,94,110)(H,95,105)(H,96,106)(H,97,111)(H,100,101)(H,113,114)(H4,83,84,85)/t47-,52-,53-,54-,55-,56-,57-,58-,59-,60-,64-,65-,66-/m0/s1. The van der Waals surface area contributed by atoms with Crippen molar-refractivity contribution in [3.05, 3.63) is 144 Å². The molecule has 0 aliphatic heterocycles. The van der Waals surface area contributed by atoms with E-state index in [1.54, 1.807) is 163 Å². The number of carboxylic acids is 2. The normalized spacial score (nSPS) is 14.5. The fourth-order valence-electron chi connectivity index (χ4n) is 11.8. The first kappa shape index (κ1) is 95.8. The summed E-state index contributed by atoms with van der Waals surface area (Å²) in [5, 5.41) is 61.2. The number of carbonyl (C=O) groups excluding carboxylic acids is 13. The Bertz CT molecular complexity index is 3890. The van der Waals surface area contributed by atoms with Crippen LogP contribution in [0.2, 0.25) is 0 Å². The van der Waals surface area contributed by atoms with Crippen LogP contribution in [0.1, 0.15) is 128 Å². The number of hydrogen-bond donors (Lipinski definition) is 21. The van der Waals surface area contributed by atoms with Gasteiger partial charge in [-0.15, -0.1) is 0 Å². The molecule has 0 saturated heterocycles. The maximum Gasteiger partial charge on any atom is 0.326 e. The fraction of sp³-hybridized carbons (Fsp3) is 0.494. The zero-order valence-corrected chi connectivity index (χ0v) is 66.6. The lowest BCUT2D eigenvalue weighted by molar-refractivity contribution is -0.143. The van der Waals surface area contributed by atoms with E-state index < -0.39 is 205 Å². The molecule has 0 spiro atoms. The Morgan fingerprint density at radius 1 is 0.400 bits per heavy atom. The van der Waals surface area contributed by atoms with E-state index in [0.717, 1.165) is 0 Å². The molecule has 0 radical (unpaired) electrons. The molecule has 4 rings (SSSR count). The van der Waals surface area contributed by atoms with E-state index in [-0.39, 0.29) is 88.5 Å². The summed E-state index contributed by atoms with van der Waals surface area (Å²) in [5.41, 5.74) is 25.3. The van der Waals surface area contributed by atoms with E-state index in [9.17, 15) is 82.1 Å². The van der Waals surface area contributed by atoms with Crippen LogP contribution in [0.25, 0.3) is 0 Å². The molecule has 35 nitrogen and oxygen atoms in total. The average molecular weight is 1620 g/mol. The van der Waals surface area contributed by atoms with Gasteiger partial charge in [0.05, 0.1) is 12.6 Å². The van der Waals surface area contributed by atoms with Crippen molar-refractivity contribution in [2.45, 2.75) is 204 Å². The number of carbonyl (C=O) groups is 15. The Morgan fingerprint density at radius 3 is 1.16 bits per heavy atom. The Labute approximate surface area is 674 Å². The van der Waals surface area contributed by atoms with E-state index in [0.29, 0.717) is 28.7 Å². The third-order valence-electron chi connectivity index (χ3n) is 18.8. The molecule has 36 heteroatoms. The minimum absolute atomic E-state index is 0.0457. The molecule has 0 bridgehead atoms. The molecule has 115 heavy (non-hydrogen) atoms. The Hall–Kier alpha value is -11.5. The quantitative estimate of drug-likeness (QED) is 0.0105. The summed E-state index contributed by atoms with van der Waals surface area (Å²) in [6.07, 6.45) is -2.00. The number of hydrogen-bond acceptors (Lipinski definition) is 19. The predicted octanol–water partition coefficient (Wildman–Crippen LogP) is -1.37. The summed E-state index contributed by atoms with van der Waals surface area (Å²) in [6, 6.07) is 16.6. The lowest BCUT2D eigenvalue weighted by atomic mass is 9.95. The number of amides is 13. The number of nitrogens with two attached hydrogens (primary N) is 4. The molecule has 13 amide bonds. The topological polar surface area (TPSA) is 581 Å². The first-order valence-corrected chi connectivity index (χ1v) is 38.9. The number of primary amides is 1. The molecule has 0 aliphatic rings. The van der Waals surface area contributed by atoms with Crippen molar-refractivity contribution in [2.24, 2.45) is 40.7 Å². The van der Waals surface area contributed by atoms with Crippen LogP contribution in [0.4, 0.5) is 0 Å². The summed E-state index contributed by atoms with van der Waals surface area (Å²) in [5.74, 6) is -16.8. The van der Waals surface area contributed by atoms with Gasteiger partial charge in [-0.1, -0.05) is 169 Å². The van der Waals surface area contributed by atoms with E-state index in [1.165, 1.54) is 0 Å². The minimum Gasteiger partial charge on any atom is -0.481 e. The lowest BCUT2D eigenvalue weighted by Gasteiger charge is -2.31. The summed E-state index contributed by atoms with van der Waals surface area (Å²) in [6.45, 7) is 9.51. The van der Waals surface area contributed by atoms with Crippen LogP contribution in [-0.2, 0) is 97.6 Å². The van der Waals surface area contributed by atoms with E-state index in [1.807, 2.05) is 0 Å². The van der Waals surface area contributed by atoms with E-state index in [4.69, 9.17) is 28.3 Å². The molecule has 0 saturated carbocycles.